The maximum atomic E-state index is 13.1. The van der Waals surface area contributed by atoms with E-state index in [2.05, 4.69) is 16.1 Å². The van der Waals surface area contributed by atoms with Crippen LogP contribution >= 0.6 is 0 Å². The fourth-order valence-corrected chi connectivity index (χ4v) is 3.91. The van der Waals surface area contributed by atoms with E-state index in [4.69, 9.17) is 9.47 Å². The standard InChI is InChI=1S/C21H28N4O3/c1-16-11-18(23(2)22-16)14-25(10-9-24-7-3-4-8-24)21(26)13-17-5-6-19-20(12-17)28-15-27-19/h5-6,11-12H,3-4,7-10,13-15H2,1-2H3. The highest BCUT2D eigenvalue weighted by molar-refractivity contribution is 5.79. The third kappa shape index (κ3) is 4.30. The molecule has 2 aliphatic heterocycles. The summed E-state index contributed by atoms with van der Waals surface area (Å²) < 4.78 is 12.7. The van der Waals surface area contributed by atoms with Crippen LogP contribution in [0.3, 0.4) is 0 Å². The number of rotatable bonds is 7. The van der Waals surface area contributed by atoms with Gasteiger partial charge in [-0.15, -0.1) is 0 Å². The van der Waals surface area contributed by atoms with Crippen molar-refractivity contribution >= 4 is 5.91 Å². The molecule has 7 heteroatoms. The Morgan fingerprint density at radius 3 is 2.71 bits per heavy atom. The highest BCUT2D eigenvalue weighted by Gasteiger charge is 2.21. The number of aromatic nitrogens is 2. The number of aryl methyl sites for hydroxylation is 2. The van der Waals surface area contributed by atoms with Gasteiger partial charge in [-0.2, -0.15) is 5.10 Å². The van der Waals surface area contributed by atoms with Gasteiger partial charge in [0.15, 0.2) is 11.5 Å². The summed E-state index contributed by atoms with van der Waals surface area (Å²) in [5.74, 6) is 1.58. The number of benzene rings is 1. The van der Waals surface area contributed by atoms with Crippen LogP contribution in [0, 0.1) is 6.92 Å². The van der Waals surface area contributed by atoms with Gasteiger partial charge in [0.05, 0.1) is 24.4 Å². The number of carbonyl (C=O) groups is 1. The lowest BCUT2D eigenvalue weighted by molar-refractivity contribution is -0.131. The summed E-state index contributed by atoms with van der Waals surface area (Å²) in [7, 11) is 1.93. The third-order valence-electron chi connectivity index (χ3n) is 5.48. The van der Waals surface area contributed by atoms with Gasteiger partial charge in [-0.05, 0) is 56.6 Å². The van der Waals surface area contributed by atoms with Gasteiger partial charge in [0.2, 0.25) is 12.7 Å². The largest absolute Gasteiger partial charge is 0.454 e. The van der Waals surface area contributed by atoms with E-state index in [1.807, 2.05) is 41.8 Å². The number of fused-ring (bicyclic) bond motifs is 1. The summed E-state index contributed by atoms with van der Waals surface area (Å²) in [6.45, 7) is 6.72. The quantitative estimate of drug-likeness (QED) is 0.732. The van der Waals surface area contributed by atoms with E-state index in [9.17, 15) is 4.79 Å². The summed E-state index contributed by atoms with van der Waals surface area (Å²) in [4.78, 5) is 17.5. The summed E-state index contributed by atoms with van der Waals surface area (Å²) in [6, 6.07) is 7.78. The van der Waals surface area contributed by atoms with Crippen molar-refractivity contribution in [3.05, 3.63) is 41.2 Å². The molecule has 2 aliphatic rings. The zero-order valence-electron chi connectivity index (χ0n) is 16.7. The Kier molecular flexibility index (Phi) is 5.52. The maximum absolute atomic E-state index is 13.1. The Balaban J connectivity index is 1.46. The lowest BCUT2D eigenvalue weighted by Crippen LogP contribution is -2.38. The van der Waals surface area contributed by atoms with E-state index in [1.54, 1.807) is 0 Å². The molecule has 4 rings (SSSR count). The molecule has 0 N–H and O–H groups in total. The highest BCUT2D eigenvalue weighted by atomic mass is 16.7. The van der Waals surface area contributed by atoms with Crippen molar-refractivity contribution in [2.45, 2.75) is 32.7 Å². The number of hydrogen-bond donors (Lipinski definition) is 0. The van der Waals surface area contributed by atoms with Crippen molar-refractivity contribution in [3.63, 3.8) is 0 Å². The first-order valence-corrected chi connectivity index (χ1v) is 9.96. The number of carbonyl (C=O) groups excluding carboxylic acids is 1. The van der Waals surface area contributed by atoms with Crippen LogP contribution in [-0.4, -0.2) is 58.5 Å². The molecule has 1 aromatic carbocycles. The van der Waals surface area contributed by atoms with Crippen LogP contribution in [0.25, 0.3) is 0 Å². The molecule has 1 fully saturated rings. The molecule has 0 aliphatic carbocycles. The molecule has 2 aromatic rings. The fraction of sp³-hybridized carbons (Fsp3) is 0.524. The van der Waals surface area contributed by atoms with Crippen molar-refractivity contribution < 1.29 is 14.3 Å². The molecule has 1 saturated heterocycles. The molecule has 0 atom stereocenters. The lowest BCUT2D eigenvalue weighted by Gasteiger charge is -2.25. The van der Waals surface area contributed by atoms with Gasteiger partial charge in [0.25, 0.3) is 0 Å². The van der Waals surface area contributed by atoms with Crippen LogP contribution < -0.4 is 9.47 Å². The molecule has 0 saturated carbocycles. The minimum Gasteiger partial charge on any atom is -0.454 e. The summed E-state index contributed by atoms with van der Waals surface area (Å²) in [5.41, 5.74) is 2.97. The second-order valence-corrected chi connectivity index (χ2v) is 7.63. The third-order valence-corrected chi connectivity index (χ3v) is 5.48. The molecular formula is C21H28N4O3. The van der Waals surface area contributed by atoms with Crippen LogP contribution in [0.1, 0.15) is 29.8 Å². The maximum Gasteiger partial charge on any atom is 0.231 e. The first kappa shape index (κ1) is 18.8. The Morgan fingerprint density at radius 2 is 1.96 bits per heavy atom. The Bertz CT molecular complexity index is 842. The molecule has 150 valence electrons. The Hall–Kier alpha value is -2.54. The van der Waals surface area contributed by atoms with Gasteiger partial charge in [-0.1, -0.05) is 6.07 Å². The molecule has 1 aromatic heterocycles. The van der Waals surface area contributed by atoms with Crippen molar-refractivity contribution in [2.24, 2.45) is 7.05 Å². The van der Waals surface area contributed by atoms with Crippen LogP contribution in [0.15, 0.2) is 24.3 Å². The van der Waals surface area contributed by atoms with Gasteiger partial charge in [-0.25, -0.2) is 0 Å². The number of likely N-dealkylation sites (tertiary alicyclic amines) is 1. The minimum atomic E-state index is 0.122. The van der Waals surface area contributed by atoms with Gasteiger partial charge in [0, 0.05) is 20.1 Å². The van der Waals surface area contributed by atoms with Gasteiger partial charge >= 0.3 is 0 Å². The normalized spacial score (nSPS) is 15.9. The molecule has 28 heavy (non-hydrogen) atoms. The highest BCUT2D eigenvalue weighted by Crippen LogP contribution is 2.32. The van der Waals surface area contributed by atoms with E-state index >= 15 is 0 Å². The van der Waals surface area contributed by atoms with Gasteiger partial charge < -0.3 is 19.3 Å². The monoisotopic (exact) mass is 384 g/mol. The topological polar surface area (TPSA) is 59.8 Å². The van der Waals surface area contributed by atoms with Crippen molar-refractivity contribution in [1.82, 2.24) is 19.6 Å². The average molecular weight is 384 g/mol. The SMILES string of the molecule is Cc1cc(CN(CCN2CCCC2)C(=O)Cc2ccc3c(c2)OCO3)n(C)n1. The molecule has 7 nitrogen and oxygen atoms in total. The second-order valence-electron chi connectivity index (χ2n) is 7.63. The zero-order valence-corrected chi connectivity index (χ0v) is 16.7. The second kappa shape index (κ2) is 8.22. The molecule has 0 unspecified atom stereocenters. The first-order chi connectivity index (χ1) is 13.6. The number of ether oxygens (including phenoxy) is 2. The van der Waals surface area contributed by atoms with Crippen molar-refractivity contribution in [3.8, 4) is 11.5 Å². The molecular weight excluding hydrogens is 356 g/mol. The molecule has 0 spiro atoms. The Morgan fingerprint density at radius 1 is 1.18 bits per heavy atom. The van der Waals surface area contributed by atoms with Gasteiger partial charge in [0.1, 0.15) is 0 Å². The fourth-order valence-electron chi connectivity index (χ4n) is 3.91. The van der Waals surface area contributed by atoms with Gasteiger partial charge in [-0.3, -0.25) is 9.48 Å². The first-order valence-electron chi connectivity index (χ1n) is 9.96. The van der Waals surface area contributed by atoms with E-state index in [0.717, 1.165) is 54.6 Å². The van der Waals surface area contributed by atoms with Crippen molar-refractivity contribution in [1.29, 1.82) is 0 Å². The van der Waals surface area contributed by atoms with E-state index in [-0.39, 0.29) is 12.7 Å². The molecule has 3 heterocycles. The molecule has 0 radical (unpaired) electrons. The number of amides is 1. The van der Waals surface area contributed by atoms with E-state index < -0.39 is 0 Å². The lowest BCUT2D eigenvalue weighted by atomic mass is 10.1. The van der Waals surface area contributed by atoms with Crippen molar-refractivity contribution in [2.75, 3.05) is 33.0 Å². The number of hydrogen-bond acceptors (Lipinski definition) is 5. The van der Waals surface area contributed by atoms with Crippen LogP contribution in [0.5, 0.6) is 11.5 Å². The Labute approximate surface area is 165 Å². The minimum absolute atomic E-state index is 0.122. The predicted molar refractivity (Wildman–Crippen MR) is 105 cm³/mol. The predicted octanol–water partition coefficient (Wildman–Crippen LogP) is 2.12. The smallest absolute Gasteiger partial charge is 0.231 e. The van der Waals surface area contributed by atoms with Crippen LogP contribution in [-0.2, 0) is 24.8 Å². The van der Waals surface area contributed by atoms with Crippen LogP contribution in [0.4, 0.5) is 0 Å². The van der Waals surface area contributed by atoms with E-state index in [1.165, 1.54) is 12.8 Å². The number of nitrogens with zero attached hydrogens (tertiary/aromatic N) is 4. The summed E-state index contributed by atoms with van der Waals surface area (Å²) >= 11 is 0. The molecule has 1 amide bonds. The summed E-state index contributed by atoms with van der Waals surface area (Å²) in [6.07, 6.45) is 2.87. The average Bonchev–Trinajstić information content (AvgIpc) is 3.40. The van der Waals surface area contributed by atoms with Crippen LogP contribution in [0.2, 0.25) is 0 Å². The molecule has 0 bridgehead atoms. The zero-order chi connectivity index (χ0) is 19.5. The summed E-state index contributed by atoms with van der Waals surface area (Å²) in [5, 5.41) is 4.42. The van der Waals surface area contributed by atoms with E-state index in [0.29, 0.717) is 13.0 Å².